The van der Waals surface area contributed by atoms with Gasteiger partial charge in [0.25, 0.3) is 0 Å². The second-order valence-electron chi connectivity index (χ2n) is 16.5. The maximum Gasteiger partial charge on any atom is 0.105 e. The van der Waals surface area contributed by atoms with E-state index in [4.69, 9.17) is 0 Å². The van der Waals surface area contributed by atoms with Crippen LogP contribution in [0.4, 0.5) is 0 Å². The average molecular weight is 847 g/mol. The molecule has 6 nitrogen and oxygen atoms in total. The molecule has 0 radical (unpaired) electrons. The summed E-state index contributed by atoms with van der Waals surface area (Å²) in [4.78, 5) is 0. The van der Waals surface area contributed by atoms with Gasteiger partial charge in [0.1, 0.15) is 50.6 Å². The summed E-state index contributed by atoms with van der Waals surface area (Å²) in [7, 11) is 0. The lowest BCUT2D eigenvalue weighted by molar-refractivity contribution is -0.934. The maximum atomic E-state index is 10.5. The Labute approximate surface area is 334 Å². The van der Waals surface area contributed by atoms with Gasteiger partial charge in [-0.3, -0.25) is 0 Å². The van der Waals surface area contributed by atoms with Crippen molar-refractivity contribution < 1.29 is 63.4 Å². The Bertz CT molecular complexity index is 606. The van der Waals surface area contributed by atoms with E-state index in [1.165, 1.54) is 128 Å². The second-order valence-corrected chi connectivity index (χ2v) is 16.5. The molecule has 8 heteroatoms. The quantitative estimate of drug-likeness (QED) is 0.0571. The highest BCUT2D eigenvalue weighted by Gasteiger charge is 2.32. The van der Waals surface area contributed by atoms with E-state index in [0.29, 0.717) is 0 Å². The Hall–Kier alpha value is 0.720. The highest BCUT2D eigenvalue weighted by Crippen LogP contribution is 2.21. The lowest BCUT2D eigenvalue weighted by Gasteiger charge is -2.41. The van der Waals surface area contributed by atoms with Gasteiger partial charge in [-0.2, -0.15) is 0 Å². The molecule has 4 unspecified atom stereocenters. The molecule has 0 amide bonds. The predicted octanol–water partition coefficient (Wildman–Crippen LogP) is 3.55. The Morgan fingerprint density at radius 1 is 0.300 bits per heavy atom. The number of hydrogen-bond donors (Lipinski definition) is 4. The number of nitrogens with zero attached hydrogens (tertiary/aromatic N) is 2. The van der Waals surface area contributed by atoms with E-state index < -0.39 is 0 Å². The number of unbranched alkanes of at least 4 members (excludes halogenated alkanes) is 21. The van der Waals surface area contributed by atoms with E-state index in [1.807, 2.05) is 27.7 Å². The summed E-state index contributed by atoms with van der Waals surface area (Å²) in [6.45, 7) is 19.2. The lowest BCUT2D eigenvalue weighted by atomic mass is 10.0. The topological polar surface area (TPSA) is 80.9 Å². The number of quaternary nitrogens is 2. The van der Waals surface area contributed by atoms with Crippen LogP contribution < -0.4 is 34.0 Å². The highest BCUT2D eigenvalue weighted by molar-refractivity contribution is 4.60. The van der Waals surface area contributed by atoms with Crippen molar-refractivity contribution in [2.45, 2.75) is 220 Å². The van der Waals surface area contributed by atoms with Gasteiger partial charge in [-0.05, 0) is 79.1 Å². The van der Waals surface area contributed by atoms with Crippen molar-refractivity contribution in [2.75, 3.05) is 52.4 Å². The van der Waals surface area contributed by atoms with Gasteiger partial charge in [0.05, 0.1) is 26.2 Å². The standard InChI is InChI=1S/C42H90N2O4.2BrH/c1-7-9-11-13-15-17-19-21-23-27-31-43(35-39(3)45,36-40(4)46)33-29-25-26-30-34-44(37-41(5)47,38-42(6)48)32-28-24-22-20-18-16-14-12-10-8-2;;/h39-42,45-48H,7-38H2,1-6H3;2*1H/q+2;;/p-2. The molecule has 50 heavy (non-hydrogen) atoms. The Balaban J connectivity index is -0.0000110. The van der Waals surface area contributed by atoms with Crippen molar-refractivity contribution >= 4 is 0 Å². The number of hydrogen-bond acceptors (Lipinski definition) is 4. The molecule has 306 valence electrons. The first-order valence-corrected chi connectivity index (χ1v) is 21.4. The largest absolute Gasteiger partial charge is 1.00 e. The van der Waals surface area contributed by atoms with E-state index in [9.17, 15) is 20.4 Å². The highest BCUT2D eigenvalue weighted by atomic mass is 79.9. The first kappa shape index (κ1) is 55.1. The molecule has 0 saturated heterocycles. The molecular formula is C42H90Br2N2O4. The van der Waals surface area contributed by atoms with E-state index in [0.717, 1.165) is 87.0 Å². The third-order valence-corrected chi connectivity index (χ3v) is 10.6. The molecule has 0 aliphatic carbocycles. The minimum atomic E-state index is -0.364. The third-order valence-electron chi connectivity index (χ3n) is 10.6. The minimum Gasteiger partial charge on any atom is -1.00 e. The van der Waals surface area contributed by atoms with E-state index in [-0.39, 0.29) is 58.4 Å². The summed E-state index contributed by atoms with van der Waals surface area (Å²) in [5.74, 6) is 0. The summed E-state index contributed by atoms with van der Waals surface area (Å²) < 4.78 is 1.66. The van der Waals surface area contributed by atoms with Crippen molar-refractivity contribution in [1.29, 1.82) is 0 Å². The first-order valence-electron chi connectivity index (χ1n) is 21.4. The maximum absolute atomic E-state index is 10.5. The molecule has 0 rings (SSSR count). The van der Waals surface area contributed by atoms with Crippen molar-refractivity contribution in [3.05, 3.63) is 0 Å². The molecule has 0 spiro atoms. The molecular weight excluding hydrogens is 756 g/mol. The molecule has 0 heterocycles. The van der Waals surface area contributed by atoms with Crippen LogP contribution in [0.5, 0.6) is 0 Å². The second kappa shape index (κ2) is 36.7. The minimum absolute atomic E-state index is 0. The summed E-state index contributed by atoms with van der Waals surface area (Å²) in [5.41, 5.74) is 0. The molecule has 0 fully saturated rings. The van der Waals surface area contributed by atoms with E-state index in [2.05, 4.69) is 13.8 Å². The van der Waals surface area contributed by atoms with E-state index >= 15 is 0 Å². The molecule has 0 saturated carbocycles. The van der Waals surface area contributed by atoms with Gasteiger partial charge < -0.3 is 63.4 Å². The van der Waals surface area contributed by atoms with Crippen LogP contribution in [0.3, 0.4) is 0 Å². The van der Waals surface area contributed by atoms with Gasteiger partial charge in [-0.1, -0.05) is 117 Å². The van der Waals surface area contributed by atoms with Gasteiger partial charge in [0, 0.05) is 0 Å². The molecule has 0 bridgehead atoms. The fraction of sp³-hybridized carbons (Fsp3) is 1.00. The van der Waals surface area contributed by atoms with Crippen LogP contribution >= 0.6 is 0 Å². The molecule has 4 atom stereocenters. The number of aliphatic hydroxyl groups excluding tert-OH is 4. The number of halogens is 2. The zero-order chi connectivity index (χ0) is 35.9. The molecule has 0 aromatic heterocycles. The molecule has 0 aliphatic rings. The van der Waals surface area contributed by atoms with Gasteiger partial charge in [0.15, 0.2) is 0 Å². The van der Waals surface area contributed by atoms with Crippen LogP contribution in [-0.4, -0.2) is 106 Å². The molecule has 4 N–H and O–H groups in total. The van der Waals surface area contributed by atoms with Gasteiger partial charge in [0.2, 0.25) is 0 Å². The smallest absolute Gasteiger partial charge is 0.105 e. The van der Waals surface area contributed by atoms with Gasteiger partial charge in [-0.25, -0.2) is 0 Å². The van der Waals surface area contributed by atoms with Crippen molar-refractivity contribution in [1.82, 2.24) is 0 Å². The van der Waals surface area contributed by atoms with Crippen molar-refractivity contribution in [3.63, 3.8) is 0 Å². The third kappa shape index (κ3) is 33.3. The molecule has 0 aliphatic heterocycles. The zero-order valence-electron chi connectivity index (χ0n) is 34.4. The Morgan fingerprint density at radius 3 is 0.620 bits per heavy atom. The summed E-state index contributed by atoms with van der Waals surface area (Å²) in [6, 6.07) is 0. The van der Waals surface area contributed by atoms with Gasteiger partial charge >= 0.3 is 0 Å². The van der Waals surface area contributed by atoms with Crippen LogP contribution in [0, 0.1) is 0 Å². The van der Waals surface area contributed by atoms with Crippen LogP contribution in [0.2, 0.25) is 0 Å². The van der Waals surface area contributed by atoms with Crippen molar-refractivity contribution in [2.24, 2.45) is 0 Å². The SMILES string of the molecule is CCCCCCCCCCCC[N+](CCCCCC[N+](CCCCCCCCCCCC)(CC(C)O)CC(C)O)(CC(C)O)CC(C)O.[Br-].[Br-]. The molecule has 0 aromatic carbocycles. The normalized spacial score (nSPS) is 16.4. The molecule has 0 aromatic rings. The zero-order valence-corrected chi connectivity index (χ0v) is 37.5. The van der Waals surface area contributed by atoms with Crippen molar-refractivity contribution in [3.8, 4) is 0 Å². The summed E-state index contributed by atoms with van der Waals surface area (Å²) in [5, 5.41) is 41.9. The fourth-order valence-corrected chi connectivity index (χ4v) is 8.46. The Morgan fingerprint density at radius 2 is 0.460 bits per heavy atom. The van der Waals surface area contributed by atoms with Crippen LogP contribution in [-0.2, 0) is 0 Å². The average Bonchev–Trinajstić information content (AvgIpc) is 2.99. The Kier molecular flexibility index (Phi) is 40.4. The first-order chi connectivity index (χ1) is 23.0. The fourth-order valence-electron chi connectivity index (χ4n) is 8.46. The van der Waals surface area contributed by atoms with Crippen LogP contribution in [0.15, 0.2) is 0 Å². The summed E-state index contributed by atoms with van der Waals surface area (Å²) in [6.07, 6.45) is 29.6. The number of aliphatic hydroxyl groups is 4. The van der Waals surface area contributed by atoms with E-state index in [1.54, 1.807) is 0 Å². The summed E-state index contributed by atoms with van der Waals surface area (Å²) >= 11 is 0. The van der Waals surface area contributed by atoms with Crippen LogP contribution in [0.25, 0.3) is 0 Å². The van der Waals surface area contributed by atoms with Crippen LogP contribution in [0.1, 0.15) is 196 Å². The number of rotatable bonds is 37. The predicted molar refractivity (Wildman–Crippen MR) is 208 cm³/mol. The lowest BCUT2D eigenvalue weighted by Crippen LogP contribution is -3.00. The van der Waals surface area contributed by atoms with Gasteiger partial charge in [-0.15, -0.1) is 0 Å². The monoisotopic (exact) mass is 845 g/mol.